The first-order valence-electron chi connectivity index (χ1n) is 6.27. The minimum atomic E-state index is -0.988. The third kappa shape index (κ3) is 3.31. The fourth-order valence-corrected chi connectivity index (χ4v) is 2.31. The van der Waals surface area contributed by atoms with Crippen molar-refractivity contribution in [2.75, 3.05) is 11.9 Å². The van der Waals surface area contributed by atoms with Crippen LogP contribution in [0.25, 0.3) is 0 Å². The molecule has 4 nitrogen and oxygen atoms in total. The fourth-order valence-electron chi connectivity index (χ4n) is 1.95. The lowest BCUT2D eigenvalue weighted by molar-refractivity contribution is 0.0696. The van der Waals surface area contributed by atoms with Crippen LogP contribution in [-0.4, -0.2) is 24.0 Å². The summed E-state index contributed by atoms with van der Waals surface area (Å²) in [6.07, 6.45) is 0. The van der Waals surface area contributed by atoms with Crippen LogP contribution in [0.15, 0.2) is 46.9 Å². The van der Waals surface area contributed by atoms with Crippen LogP contribution in [0.4, 0.5) is 5.69 Å². The number of benzene rings is 2. The molecule has 1 N–H and O–H groups in total. The van der Waals surface area contributed by atoms with Gasteiger partial charge < -0.3 is 10.0 Å². The second kappa shape index (κ2) is 6.10. The Kier molecular flexibility index (Phi) is 4.43. The maximum Gasteiger partial charge on any atom is 0.335 e. The number of carbonyl (C=O) groups excluding carboxylic acids is 1. The predicted octanol–water partition coefficient (Wildman–Crippen LogP) is 3.73. The van der Waals surface area contributed by atoms with Crippen LogP contribution in [0, 0.1) is 6.92 Å². The Morgan fingerprint density at radius 1 is 1.10 bits per heavy atom. The maximum atomic E-state index is 12.5. The summed E-state index contributed by atoms with van der Waals surface area (Å²) in [4.78, 5) is 24.9. The minimum Gasteiger partial charge on any atom is -0.478 e. The Morgan fingerprint density at radius 2 is 1.71 bits per heavy atom. The Bertz CT molecular complexity index is 695. The van der Waals surface area contributed by atoms with Gasteiger partial charge in [-0.15, -0.1) is 0 Å². The van der Waals surface area contributed by atoms with E-state index in [1.54, 1.807) is 25.2 Å². The van der Waals surface area contributed by atoms with Gasteiger partial charge in [0, 0.05) is 22.8 Å². The standard InChI is InChI=1S/C16H14BrNO3/c1-10-3-6-12(17)9-14(10)15(19)18(2)13-7-4-11(5-8-13)16(20)21/h3-9H,1-2H3,(H,20,21). The monoisotopic (exact) mass is 347 g/mol. The first-order chi connectivity index (χ1) is 9.90. The van der Waals surface area contributed by atoms with Crippen LogP contribution in [0.3, 0.4) is 0 Å². The number of hydrogen-bond acceptors (Lipinski definition) is 2. The zero-order valence-electron chi connectivity index (χ0n) is 11.6. The van der Waals surface area contributed by atoms with E-state index in [0.717, 1.165) is 10.0 Å². The molecule has 0 saturated carbocycles. The average molecular weight is 348 g/mol. The second-order valence-corrected chi connectivity index (χ2v) is 5.59. The van der Waals surface area contributed by atoms with Crippen molar-refractivity contribution in [3.8, 4) is 0 Å². The molecule has 0 aliphatic heterocycles. The molecule has 108 valence electrons. The van der Waals surface area contributed by atoms with E-state index in [2.05, 4.69) is 15.9 Å². The number of aromatic carboxylic acids is 1. The van der Waals surface area contributed by atoms with Gasteiger partial charge in [-0.1, -0.05) is 22.0 Å². The number of aryl methyl sites for hydroxylation is 1. The second-order valence-electron chi connectivity index (χ2n) is 4.68. The van der Waals surface area contributed by atoms with Crippen molar-refractivity contribution in [1.29, 1.82) is 0 Å². The van der Waals surface area contributed by atoms with Gasteiger partial charge in [0.1, 0.15) is 0 Å². The number of anilines is 1. The number of carbonyl (C=O) groups is 2. The van der Waals surface area contributed by atoms with Crippen molar-refractivity contribution in [2.45, 2.75) is 6.92 Å². The topological polar surface area (TPSA) is 57.6 Å². The van der Waals surface area contributed by atoms with Crippen molar-refractivity contribution in [3.63, 3.8) is 0 Å². The molecule has 0 heterocycles. The normalized spacial score (nSPS) is 10.2. The van der Waals surface area contributed by atoms with E-state index in [1.165, 1.54) is 17.0 Å². The molecular weight excluding hydrogens is 334 g/mol. The van der Waals surface area contributed by atoms with E-state index >= 15 is 0 Å². The van der Waals surface area contributed by atoms with Crippen molar-refractivity contribution in [1.82, 2.24) is 0 Å². The van der Waals surface area contributed by atoms with Gasteiger partial charge in [0.05, 0.1) is 5.56 Å². The lowest BCUT2D eigenvalue weighted by atomic mass is 10.1. The highest BCUT2D eigenvalue weighted by Crippen LogP contribution is 2.21. The molecule has 0 atom stereocenters. The molecular formula is C16H14BrNO3. The molecule has 21 heavy (non-hydrogen) atoms. The fraction of sp³-hybridized carbons (Fsp3) is 0.125. The van der Waals surface area contributed by atoms with E-state index < -0.39 is 5.97 Å². The van der Waals surface area contributed by atoms with Gasteiger partial charge in [0.2, 0.25) is 0 Å². The van der Waals surface area contributed by atoms with Crippen molar-refractivity contribution in [2.24, 2.45) is 0 Å². The Hall–Kier alpha value is -2.14. The van der Waals surface area contributed by atoms with Crippen LogP contribution in [0.1, 0.15) is 26.3 Å². The Labute approximate surface area is 131 Å². The first kappa shape index (κ1) is 15.3. The summed E-state index contributed by atoms with van der Waals surface area (Å²) in [5.74, 6) is -1.13. The number of hydrogen-bond donors (Lipinski definition) is 1. The molecule has 0 aromatic heterocycles. The SMILES string of the molecule is Cc1ccc(Br)cc1C(=O)N(C)c1ccc(C(=O)O)cc1. The summed E-state index contributed by atoms with van der Waals surface area (Å²) >= 11 is 3.36. The zero-order valence-corrected chi connectivity index (χ0v) is 13.2. The molecule has 0 aliphatic carbocycles. The molecule has 0 spiro atoms. The highest BCUT2D eigenvalue weighted by atomic mass is 79.9. The summed E-state index contributed by atoms with van der Waals surface area (Å²) in [7, 11) is 1.67. The van der Waals surface area contributed by atoms with Gasteiger partial charge in [-0.05, 0) is 48.9 Å². The third-order valence-electron chi connectivity index (χ3n) is 3.24. The number of rotatable bonds is 3. The van der Waals surface area contributed by atoms with E-state index in [-0.39, 0.29) is 11.5 Å². The zero-order chi connectivity index (χ0) is 15.6. The molecule has 0 unspecified atom stereocenters. The number of halogens is 1. The maximum absolute atomic E-state index is 12.5. The number of amides is 1. The molecule has 0 bridgehead atoms. The summed E-state index contributed by atoms with van der Waals surface area (Å²) in [5.41, 5.74) is 2.33. The van der Waals surface area contributed by atoms with Gasteiger partial charge in [-0.2, -0.15) is 0 Å². The molecule has 2 aromatic rings. The van der Waals surface area contributed by atoms with E-state index in [9.17, 15) is 9.59 Å². The highest BCUT2D eigenvalue weighted by Gasteiger charge is 2.16. The smallest absolute Gasteiger partial charge is 0.335 e. The Morgan fingerprint density at radius 3 is 2.29 bits per heavy atom. The van der Waals surface area contributed by atoms with Crippen LogP contribution in [0.2, 0.25) is 0 Å². The van der Waals surface area contributed by atoms with Crippen LogP contribution in [-0.2, 0) is 0 Å². The molecule has 0 radical (unpaired) electrons. The summed E-state index contributed by atoms with van der Waals surface area (Å²) in [6, 6.07) is 11.7. The van der Waals surface area contributed by atoms with Crippen LogP contribution < -0.4 is 4.90 Å². The molecule has 0 saturated heterocycles. The van der Waals surface area contributed by atoms with E-state index in [0.29, 0.717) is 11.3 Å². The van der Waals surface area contributed by atoms with E-state index in [1.807, 2.05) is 19.1 Å². The summed E-state index contributed by atoms with van der Waals surface area (Å²) in [6.45, 7) is 1.88. The molecule has 2 aromatic carbocycles. The Balaban J connectivity index is 2.30. The van der Waals surface area contributed by atoms with Crippen molar-refractivity contribution < 1.29 is 14.7 Å². The minimum absolute atomic E-state index is 0.142. The van der Waals surface area contributed by atoms with Crippen molar-refractivity contribution >= 4 is 33.5 Å². The van der Waals surface area contributed by atoms with E-state index in [4.69, 9.17) is 5.11 Å². The van der Waals surface area contributed by atoms with Gasteiger partial charge in [-0.25, -0.2) is 4.79 Å². The van der Waals surface area contributed by atoms with Crippen LogP contribution in [0.5, 0.6) is 0 Å². The summed E-state index contributed by atoms with van der Waals surface area (Å²) in [5, 5.41) is 8.88. The molecule has 5 heteroatoms. The first-order valence-corrected chi connectivity index (χ1v) is 7.07. The van der Waals surface area contributed by atoms with Crippen LogP contribution >= 0.6 is 15.9 Å². The molecule has 1 amide bonds. The van der Waals surface area contributed by atoms with Gasteiger partial charge in [0.15, 0.2) is 0 Å². The molecule has 0 fully saturated rings. The average Bonchev–Trinajstić information content (AvgIpc) is 2.48. The molecule has 0 aliphatic rings. The highest BCUT2D eigenvalue weighted by molar-refractivity contribution is 9.10. The third-order valence-corrected chi connectivity index (χ3v) is 3.73. The quantitative estimate of drug-likeness (QED) is 0.920. The number of carboxylic acids is 1. The molecule has 2 rings (SSSR count). The lowest BCUT2D eigenvalue weighted by Gasteiger charge is -2.19. The summed E-state index contributed by atoms with van der Waals surface area (Å²) < 4.78 is 0.839. The predicted molar refractivity (Wildman–Crippen MR) is 85.0 cm³/mol. The largest absolute Gasteiger partial charge is 0.478 e. The number of carboxylic acid groups (broad SMARTS) is 1. The van der Waals surface area contributed by atoms with Gasteiger partial charge in [0.25, 0.3) is 5.91 Å². The van der Waals surface area contributed by atoms with Crippen molar-refractivity contribution in [3.05, 3.63) is 63.6 Å². The van der Waals surface area contributed by atoms with Gasteiger partial charge in [-0.3, -0.25) is 4.79 Å². The lowest BCUT2D eigenvalue weighted by Crippen LogP contribution is -2.27. The number of nitrogens with zero attached hydrogens (tertiary/aromatic N) is 1. The van der Waals surface area contributed by atoms with Gasteiger partial charge >= 0.3 is 5.97 Å².